The van der Waals surface area contributed by atoms with E-state index in [1.807, 2.05) is 24.3 Å². The number of nitrogens with one attached hydrogen (secondary N) is 2. The van der Waals surface area contributed by atoms with Crippen molar-refractivity contribution in [1.29, 1.82) is 0 Å². The maximum Gasteiger partial charge on any atom is 0.404 e. The van der Waals surface area contributed by atoms with Crippen LogP contribution in [-0.2, 0) is 16.4 Å². The van der Waals surface area contributed by atoms with Crippen LogP contribution in [0, 0.1) is 17.6 Å². The molecule has 0 unspecified atom stereocenters. The molecule has 0 aliphatic heterocycles. The number of amides is 2. The van der Waals surface area contributed by atoms with E-state index in [9.17, 15) is 26.8 Å². The molecule has 14 heteroatoms. The Bertz CT molecular complexity index is 1890. The lowest BCUT2D eigenvalue weighted by Gasteiger charge is -2.37. The summed E-state index contributed by atoms with van der Waals surface area (Å²) in [5, 5.41) is 14.1. The number of hydrogen-bond acceptors (Lipinski definition) is 7. The second-order valence-corrected chi connectivity index (χ2v) is 15.2. The van der Waals surface area contributed by atoms with Crippen LogP contribution in [-0.4, -0.2) is 62.3 Å². The summed E-state index contributed by atoms with van der Waals surface area (Å²) in [4.78, 5) is 27.0. The van der Waals surface area contributed by atoms with E-state index >= 15 is 0 Å². The van der Waals surface area contributed by atoms with Crippen molar-refractivity contribution < 1.29 is 36.6 Å². The van der Waals surface area contributed by atoms with Crippen LogP contribution in [0.3, 0.4) is 0 Å². The minimum Gasteiger partial charge on any atom is -0.496 e. The minimum atomic E-state index is -3.20. The number of sulfone groups is 1. The van der Waals surface area contributed by atoms with E-state index in [1.165, 1.54) is 7.11 Å². The van der Waals surface area contributed by atoms with Gasteiger partial charge >= 0.3 is 6.09 Å². The molecule has 1 heterocycles. The number of thiophene rings is 1. The maximum absolute atomic E-state index is 14.7. The first-order valence-electron chi connectivity index (χ1n) is 14.9. The largest absolute Gasteiger partial charge is 0.496 e. The molecule has 0 atom stereocenters. The normalized spacial score (nSPS) is 16.5. The predicted octanol–water partition coefficient (Wildman–Crippen LogP) is 7.39. The number of benzene rings is 3. The monoisotopic (exact) mass is 705 g/mol. The first-order chi connectivity index (χ1) is 22.3. The van der Waals surface area contributed by atoms with Crippen LogP contribution in [0.2, 0.25) is 5.02 Å². The molecule has 1 fully saturated rings. The molecule has 47 heavy (non-hydrogen) atoms. The Morgan fingerprint density at radius 1 is 1.02 bits per heavy atom. The number of anilines is 1. The maximum atomic E-state index is 14.7. The van der Waals surface area contributed by atoms with Crippen molar-refractivity contribution in [2.24, 2.45) is 5.92 Å². The van der Waals surface area contributed by atoms with Gasteiger partial charge in [-0.15, -0.1) is 11.3 Å². The van der Waals surface area contributed by atoms with Crippen LogP contribution in [0.5, 0.6) is 5.75 Å². The molecule has 2 amide bonds. The Morgan fingerprint density at radius 3 is 2.30 bits per heavy atom. The number of rotatable bonds is 11. The number of ether oxygens (including phenoxy) is 1. The van der Waals surface area contributed by atoms with E-state index in [0.717, 1.165) is 40.9 Å². The fourth-order valence-corrected chi connectivity index (χ4v) is 7.82. The fourth-order valence-electron chi connectivity index (χ4n) is 5.89. The van der Waals surface area contributed by atoms with Crippen LogP contribution in [0.4, 0.5) is 19.3 Å². The molecule has 1 aliphatic rings. The Hall–Kier alpha value is -3.94. The zero-order chi connectivity index (χ0) is 33.9. The number of carboxylic acid groups (broad SMARTS) is 1. The molecule has 1 saturated carbocycles. The number of nitrogens with zero attached hydrogens (tertiary/aromatic N) is 1. The van der Waals surface area contributed by atoms with Gasteiger partial charge in [0.15, 0.2) is 9.84 Å². The summed E-state index contributed by atoms with van der Waals surface area (Å²) in [5.74, 6) is -1.39. The Morgan fingerprint density at radius 2 is 1.68 bits per heavy atom. The number of halogens is 3. The summed E-state index contributed by atoms with van der Waals surface area (Å²) in [6, 6.07) is 14.6. The van der Waals surface area contributed by atoms with E-state index in [0.29, 0.717) is 49.2 Å². The molecule has 3 aromatic carbocycles. The fraction of sp³-hybridized carbons (Fsp3) is 0.333. The average Bonchev–Trinajstić information content (AvgIpc) is 3.41. The molecule has 4 aromatic rings. The van der Waals surface area contributed by atoms with E-state index in [2.05, 4.69) is 10.6 Å². The topological polar surface area (TPSA) is 125 Å². The summed E-state index contributed by atoms with van der Waals surface area (Å²) < 4.78 is 58.1. The van der Waals surface area contributed by atoms with Gasteiger partial charge in [0.25, 0.3) is 5.91 Å². The Balaban J connectivity index is 1.47. The molecule has 0 saturated heterocycles. The third-order valence-electron chi connectivity index (χ3n) is 8.31. The quantitative estimate of drug-likeness (QED) is 0.149. The van der Waals surface area contributed by atoms with Gasteiger partial charge < -0.3 is 25.4 Å². The number of fused-ring (bicyclic) bond motifs is 1. The molecule has 1 aliphatic carbocycles. The van der Waals surface area contributed by atoms with Gasteiger partial charge in [0.2, 0.25) is 0 Å². The second kappa shape index (κ2) is 14.4. The molecular formula is C33H34ClF2N3O6S2. The molecule has 0 spiro atoms. The summed E-state index contributed by atoms with van der Waals surface area (Å²) in [5.41, 5.74) is 3.02. The van der Waals surface area contributed by atoms with Gasteiger partial charge in [0, 0.05) is 36.6 Å². The van der Waals surface area contributed by atoms with Gasteiger partial charge in [0.05, 0.1) is 22.2 Å². The van der Waals surface area contributed by atoms with Crippen LogP contribution >= 0.6 is 22.9 Å². The molecule has 250 valence electrons. The second-order valence-electron chi connectivity index (χ2n) is 11.6. The Kier molecular flexibility index (Phi) is 10.6. The van der Waals surface area contributed by atoms with Gasteiger partial charge in [-0.3, -0.25) is 4.79 Å². The highest BCUT2D eigenvalue weighted by Crippen LogP contribution is 2.41. The van der Waals surface area contributed by atoms with Crippen LogP contribution in [0.25, 0.3) is 21.2 Å². The Labute approximate surface area is 280 Å². The van der Waals surface area contributed by atoms with E-state index in [1.54, 1.807) is 23.1 Å². The van der Waals surface area contributed by atoms with Crippen molar-refractivity contribution >= 4 is 60.5 Å². The predicted molar refractivity (Wildman–Crippen MR) is 180 cm³/mol. The number of carbonyl (C=O) groups excluding carboxylic acids is 1. The van der Waals surface area contributed by atoms with Crippen LogP contribution in [0.15, 0.2) is 54.6 Å². The molecule has 9 nitrogen and oxygen atoms in total. The lowest BCUT2D eigenvalue weighted by Crippen LogP contribution is -2.43. The van der Waals surface area contributed by atoms with E-state index in [-0.39, 0.29) is 44.4 Å². The smallest absolute Gasteiger partial charge is 0.404 e. The molecule has 1 aromatic heterocycles. The molecule has 5 rings (SSSR count). The van der Waals surface area contributed by atoms with Crippen molar-refractivity contribution in [3.8, 4) is 16.9 Å². The average molecular weight is 706 g/mol. The van der Waals surface area contributed by atoms with Crippen molar-refractivity contribution in [2.75, 3.05) is 31.1 Å². The lowest BCUT2D eigenvalue weighted by molar-refractivity contribution is 0.0592. The minimum absolute atomic E-state index is 0.0317. The molecule has 3 N–H and O–H groups in total. The lowest BCUT2D eigenvalue weighted by atomic mass is 9.85. The van der Waals surface area contributed by atoms with Gasteiger partial charge in [-0.05, 0) is 79.1 Å². The summed E-state index contributed by atoms with van der Waals surface area (Å²) >= 11 is 7.38. The van der Waals surface area contributed by atoms with E-state index < -0.39 is 33.5 Å². The van der Waals surface area contributed by atoms with Gasteiger partial charge in [-0.25, -0.2) is 22.0 Å². The van der Waals surface area contributed by atoms with Crippen molar-refractivity contribution in [2.45, 2.75) is 38.3 Å². The highest BCUT2D eigenvalue weighted by atomic mass is 35.5. The summed E-state index contributed by atoms with van der Waals surface area (Å²) in [7, 11) is -1.67. The zero-order valence-corrected chi connectivity index (χ0v) is 28.1. The van der Waals surface area contributed by atoms with Gasteiger partial charge in [-0.2, -0.15) is 0 Å². The van der Waals surface area contributed by atoms with Crippen LogP contribution in [0.1, 0.15) is 40.9 Å². The van der Waals surface area contributed by atoms with Crippen LogP contribution < -0.4 is 15.4 Å². The van der Waals surface area contributed by atoms with Crippen molar-refractivity contribution in [3.63, 3.8) is 0 Å². The summed E-state index contributed by atoms with van der Waals surface area (Å²) in [6.07, 6.45) is 2.59. The molecule has 0 radical (unpaired) electrons. The van der Waals surface area contributed by atoms with Crippen molar-refractivity contribution in [1.82, 2.24) is 10.2 Å². The van der Waals surface area contributed by atoms with Gasteiger partial charge in [-0.1, -0.05) is 29.8 Å². The highest BCUT2D eigenvalue weighted by Gasteiger charge is 2.33. The first-order valence-corrected chi connectivity index (χ1v) is 18.1. The molecular weight excluding hydrogens is 672 g/mol. The number of carbonyl (C=O) groups is 2. The number of hydrogen-bond donors (Lipinski definition) is 3. The number of methoxy groups -OCH3 is 1. The van der Waals surface area contributed by atoms with E-state index in [4.69, 9.17) is 21.4 Å². The van der Waals surface area contributed by atoms with Gasteiger partial charge in [0.1, 0.15) is 28.1 Å². The summed E-state index contributed by atoms with van der Waals surface area (Å²) in [6.45, 7) is 0.428. The first kappa shape index (κ1) is 34.4. The third kappa shape index (κ3) is 8.14. The zero-order valence-electron chi connectivity index (χ0n) is 25.7. The highest BCUT2D eigenvalue weighted by molar-refractivity contribution is 7.90. The third-order valence-corrected chi connectivity index (χ3v) is 10.7. The van der Waals surface area contributed by atoms with Crippen molar-refractivity contribution in [3.05, 3.63) is 81.7 Å². The SMILES string of the molecule is COc1ccc(-c2ccc(NCS(C)(=O)=O)cc2)cc1CN(C(=O)c1sc2c(F)ccc(F)c2c1Cl)C1CCC(CNC(=O)O)CC1. The standard InChI is InChI=1S/C33H34ClF2N3O6S2/c1-45-27-14-7-21(20-5-8-23(9-6-20)38-18-47(2,43)44)15-22(27)17-39(24-10-3-19(4-11-24)16-37-33(41)42)32(40)31-29(34)28-25(35)12-13-26(36)30(28)46-31/h5-9,12-15,19,24,37-38H,3-4,10-11,16-18H2,1-2H3,(H,41,42). The molecule has 0 bridgehead atoms.